The molecule has 0 spiro atoms. The van der Waals surface area contributed by atoms with Crippen molar-refractivity contribution in [2.75, 3.05) is 7.05 Å². The molecule has 0 saturated carbocycles. The van der Waals surface area contributed by atoms with Gasteiger partial charge in [-0.1, -0.05) is 36.4 Å². The Hall–Kier alpha value is -2.96. The van der Waals surface area contributed by atoms with Gasteiger partial charge in [0.05, 0.1) is 6.04 Å². The van der Waals surface area contributed by atoms with Crippen LogP contribution in [0.4, 0.5) is 13.6 Å². The quantitative estimate of drug-likeness (QED) is 0.834. The van der Waals surface area contributed by atoms with Crippen molar-refractivity contribution in [1.29, 1.82) is 0 Å². The van der Waals surface area contributed by atoms with Gasteiger partial charge in [-0.25, -0.2) is 13.6 Å². The van der Waals surface area contributed by atoms with E-state index in [-0.39, 0.29) is 12.5 Å². The molecule has 5 nitrogen and oxygen atoms in total. The fourth-order valence-corrected chi connectivity index (χ4v) is 2.50. The minimum atomic E-state index is -0.976. The third kappa shape index (κ3) is 5.51. The fraction of sp³-hybridized carbons (Fsp3) is 0.300. The molecular weight excluding hydrogens is 354 g/mol. The first kappa shape index (κ1) is 20.4. The van der Waals surface area contributed by atoms with E-state index in [1.54, 1.807) is 6.92 Å². The van der Waals surface area contributed by atoms with Crippen LogP contribution < -0.4 is 5.32 Å². The second-order valence-corrected chi connectivity index (χ2v) is 6.23. The van der Waals surface area contributed by atoms with Crippen LogP contribution in [0.2, 0.25) is 0 Å². The van der Waals surface area contributed by atoms with Crippen LogP contribution in [0.3, 0.4) is 0 Å². The highest BCUT2D eigenvalue weighted by atomic mass is 19.2. The summed E-state index contributed by atoms with van der Waals surface area (Å²) < 4.78 is 31.6. The van der Waals surface area contributed by atoms with Crippen molar-refractivity contribution in [2.45, 2.75) is 32.5 Å². The zero-order valence-electron chi connectivity index (χ0n) is 15.4. The van der Waals surface area contributed by atoms with Gasteiger partial charge in [-0.15, -0.1) is 0 Å². The van der Waals surface area contributed by atoms with Crippen LogP contribution in [0.5, 0.6) is 0 Å². The molecule has 2 unspecified atom stereocenters. The van der Waals surface area contributed by atoms with E-state index < -0.39 is 29.8 Å². The highest BCUT2D eigenvalue weighted by Gasteiger charge is 2.24. The standard InChI is InChI=1S/C20H22F2N2O3/c1-13(23-20(26)27-12-15-7-5-4-6-8-15)19(25)24(3)14(2)16-9-10-17(21)18(22)11-16/h4-11,13-14H,12H2,1-3H3,(H,23,26). The molecule has 2 aromatic rings. The average Bonchev–Trinajstić information content (AvgIpc) is 2.67. The van der Waals surface area contributed by atoms with Crippen molar-refractivity contribution in [3.63, 3.8) is 0 Å². The first-order valence-electron chi connectivity index (χ1n) is 8.48. The molecule has 0 heterocycles. The molecule has 0 aliphatic rings. The average molecular weight is 376 g/mol. The zero-order chi connectivity index (χ0) is 20.0. The molecule has 0 aromatic heterocycles. The van der Waals surface area contributed by atoms with Crippen LogP contribution in [0, 0.1) is 11.6 Å². The van der Waals surface area contributed by atoms with Crippen LogP contribution >= 0.6 is 0 Å². The predicted octanol–water partition coefficient (Wildman–Crippen LogP) is 3.80. The van der Waals surface area contributed by atoms with E-state index in [0.29, 0.717) is 5.56 Å². The van der Waals surface area contributed by atoms with E-state index in [4.69, 9.17) is 4.74 Å². The molecule has 144 valence electrons. The minimum absolute atomic E-state index is 0.0919. The summed E-state index contributed by atoms with van der Waals surface area (Å²) in [7, 11) is 1.53. The number of alkyl carbamates (subject to hydrolysis) is 1. The molecule has 0 radical (unpaired) electrons. The second kappa shape index (κ2) is 9.12. The molecule has 2 atom stereocenters. The summed E-state index contributed by atoms with van der Waals surface area (Å²) in [5.74, 6) is -2.31. The van der Waals surface area contributed by atoms with Gasteiger partial charge in [0.15, 0.2) is 11.6 Å². The summed E-state index contributed by atoms with van der Waals surface area (Å²) in [5, 5.41) is 2.47. The summed E-state index contributed by atoms with van der Waals surface area (Å²) in [5.41, 5.74) is 1.28. The maximum atomic E-state index is 13.4. The lowest BCUT2D eigenvalue weighted by atomic mass is 10.1. The molecule has 0 aliphatic carbocycles. The topological polar surface area (TPSA) is 58.6 Å². The Labute approximate surface area is 156 Å². The molecule has 0 saturated heterocycles. The Balaban J connectivity index is 1.90. The van der Waals surface area contributed by atoms with Crippen molar-refractivity contribution in [3.05, 3.63) is 71.3 Å². The Morgan fingerprint density at radius 3 is 2.37 bits per heavy atom. The molecule has 1 N–H and O–H groups in total. The van der Waals surface area contributed by atoms with Gasteiger partial charge in [0.1, 0.15) is 12.6 Å². The van der Waals surface area contributed by atoms with E-state index in [9.17, 15) is 18.4 Å². The lowest BCUT2D eigenvalue weighted by Gasteiger charge is -2.28. The number of halogens is 2. The number of hydrogen-bond donors (Lipinski definition) is 1. The highest BCUT2D eigenvalue weighted by Crippen LogP contribution is 2.21. The summed E-state index contributed by atoms with van der Waals surface area (Å²) in [4.78, 5) is 25.7. The molecule has 2 rings (SSSR count). The first-order valence-corrected chi connectivity index (χ1v) is 8.48. The van der Waals surface area contributed by atoms with E-state index >= 15 is 0 Å². The second-order valence-electron chi connectivity index (χ2n) is 6.23. The van der Waals surface area contributed by atoms with E-state index in [1.807, 2.05) is 30.3 Å². The molecule has 0 bridgehead atoms. The summed E-state index contributed by atoms with van der Waals surface area (Å²) >= 11 is 0. The summed E-state index contributed by atoms with van der Waals surface area (Å²) in [6.45, 7) is 3.31. The molecule has 2 amide bonds. The van der Waals surface area contributed by atoms with Crippen molar-refractivity contribution < 1.29 is 23.1 Å². The maximum Gasteiger partial charge on any atom is 0.408 e. The van der Waals surface area contributed by atoms with Gasteiger partial charge in [0.25, 0.3) is 0 Å². The SMILES string of the molecule is CC(NC(=O)OCc1ccccc1)C(=O)N(C)C(C)c1ccc(F)c(F)c1. The summed E-state index contributed by atoms with van der Waals surface area (Å²) in [6.07, 6.45) is -0.714. The van der Waals surface area contributed by atoms with Gasteiger partial charge in [-0.2, -0.15) is 0 Å². The lowest BCUT2D eigenvalue weighted by Crippen LogP contribution is -2.46. The maximum absolute atomic E-state index is 13.4. The van der Waals surface area contributed by atoms with Crippen LogP contribution in [0.1, 0.15) is 31.0 Å². The van der Waals surface area contributed by atoms with Crippen molar-refractivity contribution in [1.82, 2.24) is 10.2 Å². The normalized spacial score (nSPS) is 12.8. The van der Waals surface area contributed by atoms with Crippen molar-refractivity contribution in [2.24, 2.45) is 0 Å². The van der Waals surface area contributed by atoms with E-state index in [0.717, 1.165) is 17.7 Å². The summed E-state index contributed by atoms with van der Waals surface area (Å²) in [6, 6.07) is 11.3. The number of nitrogens with one attached hydrogen (secondary N) is 1. The molecule has 27 heavy (non-hydrogen) atoms. The van der Waals surface area contributed by atoms with E-state index in [2.05, 4.69) is 5.32 Å². The number of likely N-dealkylation sites (N-methyl/N-ethyl adjacent to an activating group) is 1. The largest absolute Gasteiger partial charge is 0.445 e. The van der Waals surface area contributed by atoms with Gasteiger partial charge >= 0.3 is 6.09 Å². The number of benzene rings is 2. The molecule has 2 aromatic carbocycles. The molecule has 7 heteroatoms. The number of carbonyl (C=O) groups excluding carboxylic acids is 2. The molecule has 0 fully saturated rings. The third-order valence-corrected chi connectivity index (χ3v) is 4.27. The molecular formula is C20H22F2N2O3. The third-order valence-electron chi connectivity index (χ3n) is 4.27. The Morgan fingerprint density at radius 2 is 1.74 bits per heavy atom. The van der Waals surface area contributed by atoms with Crippen LogP contribution in [-0.2, 0) is 16.1 Å². The van der Waals surface area contributed by atoms with Gasteiger partial charge in [-0.3, -0.25) is 4.79 Å². The number of ether oxygens (including phenoxy) is 1. The van der Waals surface area contributed by atoms with Gasteiger partial charge in [0, 0.05) is 7.05 Å². The monoisotopic (exact) mass is 376 g/mol. The zero-order valence-corrected chi connectivity index (χ0v) is 15.4. The van der Waals surface area contributed by atoms with Gasteiger partial charge in [0.2, 0.25) is 5.91 Å². The van der Waals surface area contributed by atoms with Gasteiger partial charge < -0.3 is 15.0 Å². The van der Waals surface area contributed by atoms with Crippen LogP contribution in [0.25, 0.3) is 0 Å². The van der Waals surface area contributed by atoms with Crippen molar-refractivity contribution >= 4 is 12.0 Å². The predicted molar refractivity (Wildman–Crippen MR) is 96.8 cm³/mol. The molecule has 0 aliphatic heterocycles. The highest BCUT2D eigenvalue weighted by molar-refractivity contribution is 5.85. The first-order chi connectivity index (χ1) is 12.8. The number of nitrogens with zero attached hydrogens (tertiary/aromatic N) is 1. The Morgan fingerprint density at radius 1 is 1.07 bits per heavy atom. The Bertz CT molecular complexity index is 799. The number of hydrogen-bond acceptors (Lipinski definition) is 3. The fourth-order valence-electron chi connectivity index (χ4n) is 2.50. The van der Waals surface area contributed by atoms with Crippen LogP contribution in [-0.4, -0.2) is 30.0 Å². The number of carbonyl (C=O) groups is 2. The Kier molecular flexibility index (Phi) is 6.87. The number of amides is 2. The van der Waals surface area contributed by atoms with Crippen LogP contribution in [0.15, 0.2) is 48.5 Å². The van der Waals surface area contributed by atoms with Crippen molar-refractivity contribution in [3.8, 4) is 0 Å². The lowest BCUT2D eigenvalue weighted by molar-refractivity contribution is -0.133. The van der Waals surface area contributed by atoms with E-state index in [1.165, 1.54) is 24.9 Å². The number of rotatable bonds is 6. The van der Waals surface area contributed by atoms with Gasteiger partial charge in [-0.05, 0) is 37.1 Å². The minimum Gasteiger partial charge on any atom is -0.445 e. The smallest absolute Gasteiger partial charge is 0.408 e.